The largest absolute Gasteiger partial charge is 0.466 e. The average molecular weight is 369 g/mol. The van der Waals surface area contributed by atoms with Crippen LogP contribution in [-0.4, -0.2) is 29.8 Å². The number of rotatable bonds is 5. The lowest BCUT2D eigenvalue weighted by Crippen LogP contribution is -2.38. The lowest BCUT2D eigenvalue weighted by molar-refractivity contribution is -0.116. The molecule has 5 nitrogen and oxygen atoms in total. The summed E-state index contributed by atoms with van der Waals surface area (Å²) in [6, 6.07) is 6.61. The van der Waals surface area contributed by atoms with Gasteiger partial charge in [-0.3, -0.25) is 9.59 Å². The highest BCUT2D eigenvalue weighted by molar-refractivity contribution is 6.39. The molecule has 0 unspecified atom stereocenters. The van der Waals surface area contributed by atoms with E-state index < -0.39 is 0 Å². The van der Waals surface area contributed by atoms with Crippen LogP contribution in [0.4, 0.5) is 5.69 Å². The van der Waals surface area contributed by atoms with Crippen LogP contribution in [0.1, 0.15) is 28.8 Å². The summed E-state index contributed by atoms with van der Waals surface area (Å²) in [5, 5.41) is 3.33. The average Bonchev–Trinajstić information content (AvgIpc) is 2.86. The maximum atomic E-state index is 12.6. The van der Waals surface area contributed by atoms with Crippen LogP contribution in [0.5, 0.6) is 0 Å². The summed E-state index contributed by atoms with van der Waals surface area (Å²) in [5.74, 6) is 0.551. The van der Waals surface area contributed by atoms with Crippen LogP contribution in [-0.2, 0) is 4.79 Å². The van der Waals surface area contributed by atoms with Gasteiger partial charge < -0.3 is 14.6 Å². The molecule has 0 atom stereocenters. The second kappa shape index (κ2) is 7.73. The first-order chi connectivity index (χ1) is 11.3. The molecule has 0 aliphatic heterocycles. The molecule has 0 saturated heterocycles. The van der Waals surface area contributed by atoms with E-state index in [1.165, 1.54) is 4.90 Å². The maximum Gasteiger partial charge on any atom is 0.257 e. The number of carbonyl (C=O) groups is 2. The number of furan rings is 1. The van der Waals surface area contributed by atoms with Crippen molar-refractivity contribution in [2.45, 2.75) is 20.8 Å². The number of amides is 2. The van der Waals surface area contributed by atoms with Crippen molar-refractivity contribution in [3.05, 3.63) is 51.4 Å². The van der Waals surface area contributed by atoms with E-state index in [1.807, 2.05) is 0 Å². The molecule has 24 heavy (non-hydrogen) atoms. The van der Waals surface area contributed by atoms with Crippen LogP contribution < -0.4 is 5.32 Å². The van der Waals surface area contributed by atoms with Crippen molar-refractivity contribution in [1.82, 2.24) is 4.90 Å². The van der Waals surface area contributed by atoms with Gasteiger partial charge in [0.15, 0.2) is 0 Å². The molecule has 1 aromatic carbocycles. The Morgan fingerprint density at radius 3 is 2.33 bits per heavy atom. The first-order valence-electron chi connectivity index (χ1n) is 7.43. The Hall–Kier alpha value is -1.98. The van der Waals surface area contributed by atoms with Crippen molar-refractivity contribution in [3.8, 4) is 0 Å². The first kappa shape index (κ1) is 18.4. The molecule has 1 aromatic heterocycles. The third-order valence-electron chi connectivity index (χ3n) is 3.50. The smallest absolute Gasteiger partial charge is 0.257 e. The molecule has 128 valence electrons. The Bertz CT molecular complexity index is 751. The van der Waals surface area contributed by atoms with Crippen molar-refractivity contribution in [2.24, 2.45) is 0 Å². The van der Waals surface area contributed by atoms with Crippen molar-refractivity contribution in [1.29, 1.82) is 0 Å². The number of nitrogens with zero attached hydrogens (tertiary/aromatic N) is 1. The van der Waals surface area contributed by atoms with Gasteiger partial charge in [0, 0.05) is 6.54 Å². The van der Waals surface area contributed by atoms with Gasteiger partial charge >= 0.3 is 0 Å². The summed E-state index contributed by atoms with van der Waals surface area (Å²) < 4.78 is 5.38. The van der Waals surface area contributed by atoms with Gasteiger partial charge in [-0.05, 0) is 39.0 Å². The predicted octanol–water partition coefficient (Wildman–Crippen LogP) is 4.30. The molecule has 0 radical (unpaired) electrons. The van der Waals surface area contributed by atoms with Crippen LogP contribution >= 0.6 is 23.2 Å². The zero-order chi connectivity index (χ0) is 17.9. The van der Waals surface area contributed by atoms with Crippen molar-refractivity contribution >= 4 is 40.7 Å². The van der Waals surface area contributed by atoms with Gasteiger partial charge in [-0.2, -0.15) is 0 Å². The van der Waals surface area contributed by atoms with E-state index in [0.29, 0.717) is 39.4 Å². The molecule has 0 aliphatic carbocycles. The highest BCUT2D eigenvalue weighted by Gasteiger charge is 2.22. The molecule has 1 N–H and O–H groups in total. The molecule has 0 aliphatic rings. The topological polar surface area (TPSA) is 62.6 Å². The highest BCUT2D eigenvalue weighted by Crippen LogP contribution is 2.29. The van der Waals surface area contributed by atoms with Gasteiger partial charge in [-0.15, -0.1) is 0 Å². The van der Waals surface area contributed by atoms with Crippen LogP contribution in [0, 0.1) is 13.8 Å². The molecular formula is C17H18Cl2N2O3. The molecule has 1 heterocycles. The molecule has 0 saturated carbocycles. The van der Waals surface area contributed by atoms with Crippen LogP contribution in [0.2, 0.25) is 10.0 Å². The van der Waals surface area contributed by atoms with Gasteiger partial charge in [0.2, 0.25) is 5.91 Å². The summed E-state index contributed by atoms with van der Waals surface area (Å²) in [5.41, 5.74) is 0.794. The van der Waals surface area contributed by atoms with Gasteiger partial charge in [-0.1, -0.05) is 29.3 Å². The summed E-state index contributed by atoms with van der Waals surface area (Å²) in [6.45, 7) is 5.56. The third-order valence-corrected chi connectivity index (χ3v) is 4.13. The van der Waals surface area contributed by atoms with Gasteiger partial charge in [0.25, 0.3) is 5.91 Å². The number of hydrogen-bond donors (Lipinski definition) is 1. The van der Waals surface area contributed by atoms with E-state index in [1.54, 1.807) is 45.0 Å². The van der Waals surface area contributed by atoms with Crippen LogP contribution in [0.15, 0.2) is 28.7 Å². The number of nitrogens with one attached hydrogen (secondary N) is 1. The Labute approximate surface area is 150 Å². The molecule has 2 rings (SSSR count). The minimum Gasteiger partial charge on any atom is -0.466 e. The molecule has 0 fully saturated rings. The molecule has 0 spiro atoms. The first-order valence-corrected chi connectivity index (χ1v) is 8.19. The zero-order valence-corrected chi connectivity index (χ0v) is 15.2. The SMILES string of the molecule is CCN(CC(=O)Nc1c(Cl)cccc1Cl)C(=O)c1cc(C)oc1C. The molecule has 0 bridgehead atoms. The molecule has 2 aromatic rings. The second-order valence-corrected chi connectivity index (χ2v) is 6.11. The third kappa shape index (κ3) is 4.10. The normalized spacial score (nSPS) is 10.5. The van der Waals surface area contributed by atoms with Gasteiger partial charge in [-0.25, -0.2) is 0 Å². The second-order valence-electron chi connectivity index (χ2n) is 5.29. The van der Waals surface area contributed by atoms with Gasteiger partial charge in [0.1, 0.15) is 18.1 Å². The molecular weight excluding hydrogens is 351 g/mol. The quantitative estimate of drug-likeness (QED) is 0.855. The summed E-state index contributed by atoms with van der Waals surface area (Å²) >= 11 is 12.1. The fourth-order valence-electron chi connectivity index (χ4n) is 2.31. The number of carbonyl (C=O) groups excluding carboxylic acids is 2. The number of likely N-dealkylation sites (N-methyl/N-ethyl adjacent to an activating group) is 1. The Kier molecular flexibility index (Phi) is 5.91. The minimum absolute atomic E-state index is 0.111. The summed E-state index contributed by atoms with van der Waals surface area (Å²) in [4.78, 5) is 26.3. The number of hydrogen-bond acceptors (Lipinski definition) is 3. The monoisotopic (exact) mass is 368 g/mol. The Morgan fingerprint density at radius 2 is 1.83 bits per heavy atom. The number of benzene rings is 1. The minimum atomic E-state index is -0.377. The Morgan fingerprint density at radius 1 is 1.21 bits per heavy atom. The van der Waals surface area contributed by atoms with Crippen molar-refractivity contribution < 1.29 is 14.0 Å². The number of para-hydroxylation sites is 1. The predicted molar refractivity (Wildman–Crippen MR) is 94.9 cm³/mol. The Balaban J connectivity index is 2.11. The maximum absolute atomic E-state index is 12.6. The van der Waals surface area contributed by atoms with E-state index in [-0.39, 0.29) is 18.4 Å². The number of halogens is 2. The lowest BCUT2D eigenvalue weighted by Gasteiger charge is -2.20. The van der Waals surface area contributed by atoms with Crippen molar-refractivity contribution in [3.63, 3.8) is 0 Å². The lowest BCUT2D eigenvalue weighted by atomic mass is 10.2. The standard InChI is InChI=1S/C17H18Cl2N2O3/c1-4-21(17(23)12-8-10(2)24-11(12)3)9-15(22)20-16-13(18)6-5-7-14(16)19/h5-8H,4,9H2,1-3H3,(H,20,22). The number of anilines is 1. The van der Waals surface area contributed by atoms with E-state index >= 15 is 0 Å². The highest BCUT2D eigenvalue weighted by atomic mass is 35.5. The molecule has 7 heteroatoms. The van der Waals surface area contributed by atoms with E-state index in [9.17, 15) is 9.59 Å². The number of aryl methyl sites for hydroxylation is 2. The van der Waals surface area contributed by atoms with Crippen LogP contribution in [0.3, 0.4) is 0 Å². The van der Waals surface area contributed by atoms with E-state index in [4.69, 9.17) is 27.6 Å². The van der Waals surface area contributed by atoms with E-state index in [0.717, 1.165) is 0 Å². The van der Waals surface area contributed by atoms with Crippen LogP contribution in [0.25, 0.3) is 0 Å². The van der Waals surface area contributed by atoms with E-state index in [2.05, 4.69) is 5.32 Å². The summed E-state index contributed by atoms with van der Waals surface area (Å²) in [7, 11) is 0. The molecule has 2 amide bonds. The zero-order valence-electron chi connectivity index (χ0n) is 13.7. The fraction of sp³-hybridized carbons (Fsp3) is 0.294. The summed E-state index contributed by atoms with van der Waals surface area (Å²) in [6.07, 6.45) is 0. The van der Waals surface area contributed by atoms with Gasteiger partial charge in [0.05, 0.1) is 21.3 Å². The van der Waals surface area contributed by atoms with Crippen molar-refractivity contribution in [2.75, 3.05) is 18.4 Å². The fourth-order valence-corrected chi connectivity index (χ4v) is 2.80.